The van der Waals surface area contributed by atoms with E-state index in [1.54, 1.807) is 0 Å². The predicted octanol–water partition coefficient (Wildman–Crippen LogP) is 0.369. The monoisotopic (exact) mass is 302 g/mol. The molecule has 2 aliphatic rings. The van der Waals surface area contributed by atoms with E-state index in [9.17, 15) is 0 Å². The molecular weight excluding hydrogens is 280 g/mol. The van der Waals surface area contributed by atoms with Gasteiger partial charge < -0.3 is 15.4 Å². The average Bonchev–Trinajstić information content (AvgIpc) is 2.50. The van der Waals surface area contributed by atoms with Gasteiger partial charge in [-0.3, -0.25) is 10.6 Å². The number of morpholine rings is 1. The molecule has 0 saturated carbocycles. The van der Waals surface area contributed by atoms with Crippen LogP contribution in [0, 0.1) is 13.8 Å². The number of ether oxygens (including phenoxy) is 1. The van der Waals surface area contributed by atoms with Gasteiger partial charge in [-0.1, -0.05) is 6.07 Å². The van der Waals surface area contributed by atoms with Crippen molar-refractivity contribution < 1.29 is 4.74 Å². The highest BCUT2D eigenvalue weighted by Crippen LogP contribution is 2.23. The van der Waals surface area contributed by atoms with Crippen molar-refractivity contribution in [2.45, 2.75) is 20.1 Å². The Morgan fingerprint density at radius 3 is 2.59 bits per heavy atom. The fourth-order valence-electron chi connectivity index (χ4n) is 2.63. The van der Waals surface area contributed by atoms with Gasteiger partial charge in [0.25, 0.3) is 0 Å². The van der Waals surface area contributed by atoms with E-state index in [1.165, 1.54) is 11.1 Å². The van der Waals surface area contributed by atoms with Crippen molar-refractivity contribution in [3.8, 4) is 0 Å². The molecule has 3 rings (SSSR count). The number of benzene rings is 1. The third-order valence-electron chi connectivity index (χ3n) is 4.02. The molecule has 1 aromatic carbocycles. The Labute approximate surface area is 130 Å². The quantitative estimate of drug-likeness (QED) is 0.782. The Morgan fingerprint density at radius 2 is 1.91 bits per heavy atom. The number of hydrogen-bond acceptors (Lipinski definition) is 7. The van der Waals surface area contributed by atoms with Crippen LogP contribution in [0.5, 0.6) is 0 Å². The van der Waals surface area contributed by atoms with Crippen molar-refractivity contribution in [3.63, 3.8) is 0 Å². The third kappa shape index (κ3) is 2.77. The van der Waals surface area contributed by atoms with Gasteiger partial charge in [-0.15, -0.1) is 0 Å². The topological polar surface area (TPSA) is 92.5 Å². The van der Waals surface area contributed by atoms with Crippen molar-refractivity contribution in [1.29, 1.82) is 0 Å². The van der Waals surface area contributed by atoms with Gasteiger partial charge in [0.15, 0.2) is 6.29 Å². The molecule has 118 valence electrons. The number of rotatable bonds is 1. The standard InChI is InChI=1S/C15H22N6O/c1-10-3-4-12(9-11(10)2)21-14(17)18-13(16)19-15(21)20-5-7-22-8-6-20/h3-4,9,14H,5-8,17H2,1-2H3,(H2,16,18). The molecule has 0 spiro atoms. The zero-order valence-corrected chi connectivity index (χ0v) is 13.0. The van der Waals surface area contributed by atoms with Crippen LogP contribution in [0.15, 0.2) is 28.2 Å². The highest BCUT2D eigenvalue weighted by Gasteiger charge is 2.29. The molecule has 2 aliphatic heterocycles. The zero-order valence-electron chi connectivity index (χ0n) is 13.0. The molecule has 1 aromatic rings. The first kappa shape index (κ1) is 14.8. The second-order valence-electron chi connectivity index (χ2n) is 5.55. The van der Waals surface area contributed by atoms with Crippen LogP contribution < -0.4 is 16.4 Å². The summed E-state index contributed by atoms with van der Waals surface area (Å²) < 4.78 is 5.41. The van der Waals surface area contributed by atoms with Crippen LogP contribution in [-0.4, -0.2) is 49.4 Å². The van der Waals surface area contributed by atoms with E-state index in [-0.39, 0.29) is 5.96 Å². The van der Waals surface area contributed by atoms with Crippen molar-refractivity contribution in [2.75, 3.05) is 31.2 Å². The van der Waals surface area contributed by atoms with Crippen LogP contribution in [0.4, 0.5) is 5.69 Å². The summed E-state index contributed by atoms with van der Waals surface area (Å²) in [5.74, 6) is 0.959. The lowest BCUT2D eigenvalue weighted by atomic mass is 10.1. The van der Waals surface area contributed by atoms with Crippen molar-refractivity contribution in [1.82, 2.24) is 4.90 Å². The van der Waals surface area contributed by atoms with Gasteiger partial charge in [0.05, 0.1) is 13.2 Å². The minimum atomic E-state index is -0.572. The number of nitrogens with two attached hydrogens (primary N) is 2. The fraction of sp³-hybridized carbons (Fsp3) is 0.467. The molecule has 0 aliphatic carbocycles. The van der Waals surface area contributed by atoms with Crippen molar-refractivity contribution in [2.24, 2.45) is 21.5 Å². The molecule has 2 heterocycles. The highest BCUT2D eigenvalue weighted by atomic mass is 16.5. The Balaban J connectivity index is 1.98. The van der Waals surface area contributed by atoms with Crippen molar-refractivity contribution >= 4 is 17.6 Å². The summed E-state index contributed by atoms with van der Waals surface area (Å²) >= 11 is 0. The first-order chi connectivity index (χ1) is 10.6. The predicted molar refractivity (Wildman–Crippen MR) is 87.8 cm³/mol. The number of anilines is 1. The molecule has 4 N–H and O–H groups in total. The van der Waals surface area contributed by atoms with Gasteiger partial charge in [-0.25, -0.2) is 4.99 Å². The van der Waals surface area contributed by atoms with Gasteiger partial charge in [0, 0.05) is 18.8 Å². The van der Waals surface area contributed by atoms with Gasteiger partial charge >= 0.3 is 0 Å². The lowest BCUT2D eigenvalue weighted by Gasteiger charge is -2.39. The lowest BCUT2D eigenvalue weighted by molar-refractivity contribution is 0.0670. The summed E-state index contributed by atoms with van der Waals surface area (Å²) in [5.41, 5.74) is 15.4. The van der Waals surface area contributed by atoms with Crippen molar-refractivity contribution in [3.05, 3.63) is 29.3 Å². The second kappa shape index (κ2) is 5.94. The maximum Gasteiger partial charge on any atom is 0.221 e. The Kier molecular flexibility index (Phi) is 4.00. The van der Waals surface area contributed by atoms with E-state index in [0.29, 0.717) is 13.2 Å². The molecule has 0 amide bonds. The third-order valence-corrected chi connectivity index (χ3v) is 4.02. The SMILES string of the molecule is Cc1ccc(N2C(N3CCOCC3)=NC(N)=NC2N)cc1C. The number of nitrogens with zero attached hydrogens (tertiary/aromatic N) is 4. The molecular formula is C15H22N6O. The molecule has 7 heteroatoms. The summed E-state index contributed by atoms with van der Waals surface area (Å²) in [4.78, 5) is 12.7. The first-order valence-electron chi connectivity index (χ1n) is 7.43. The van der Waals surface area contributed by atoms with Crippen LogP contribution in [0.25, 0.3) is 0 Å². The Bertz CT molecular complexity index is 620. The molecule has 1 fully saturated rings. The van der Waals surface area contributed by atoms with Crippen LogP contribution in [-0.2, 0) is 4.74 Å². The largest absolute Gasteiger partial charge is 0.378 e. The maximum atomic E-state index is 6.21. The second-order valence-corrected chi connectivity index (χ2v) is 5.55. The summed E-state index contributed by atoms with van der Waals surface area (Å²) in [6.45, 7) is 7.04. The van der Waals surface area contributed by atoms with Crippen LogP contribution in [0.2, 0.25) is 0 Å². The Morgan fingerprint density at radius 1 is 1.18 bits per heavy atom. The summed E-state index contributed by atoms with van der Waals surface area (Å²) in [6.07, 6.45) is -0.572. The average molecular weight is 302 g/mol. The molecule has 0 radical (unpaired) electrons. The van der Waals surface area contributed by atoms with Crippen LogP contribution >= 0.6 is 0 Å². The minimum Gasteiger partial charge on any atom is -0.378 e. The van der Waals surface area contributed by atoms with E-state index in [4.69, 9.17) is 16.2 Å². The zero-order chi connectivity index (χ0) is 15.7. The number of aliphatic imine (C=N–C) groups is 2. The van der Waals surface area contributed by atoms with E-state index in [0.717, 1.165) is 24.7 Å². The Hall–Kier alpha value is -2.12. The summed E-state index contributed by atoms with van der Waals surface area (Å²) in [6, 6.07) is 6.22. The molecule has 7 nitrogen and oxygen atoms in total. The van der Waals surface area contributed by atoms with E-state index >= 15 is 0 Å². The minimum absolute atomic E-state index is 0.217. The van der Waals surface area contributed by atoms with Crippen LogP contribution in [0.3, 0.4) is 0 Å². The first-order valence-corrected chi connectivity index (χ1v) is 7.43. The molecule has 22 heavy (non-hydrogen) atoms. The van der Waals surface area contributed by atoms with Gasteiger partial charge in [-0.05, 0) is 37.1 Å². The van der Waals surface area contributed by atoms with E-state index in [2.05, 4.69) is 40.9 Å². The summed E-state index contributed by atoms with van der Waals surface area (Å²) in [5, 5.41) is 0. The lowest BCUT2D eigenvalue weighted by Crippen LogP contribution is -2.57. The number of aryl methyl sites for hydroxylation is 2. The molecule has 1 saturated heterocycles. The summed E-state index contributed by atoms with van der Waals surface area (Å²) in [7, 11) is 0. The van der Waals surface area contributed by atoms with Crippen LogP contribution in [0.1, 0.15) is 11.1 Å². The number of guanidine groups is 2. The molecule has 0 aromatic heterocycles. The van der Waals surface area contributed by atoms with Gasteiger partial charge in [0.2, 0.25) is 11.9 Å². The number of hydrogen-bond donors (Lipinski definition) is 2. The molecule has 1 atom stereocenters. The van der Waals surface area contributed by atoms with E-state index < -0.39 is 6.29 Å². The molecule has 0 bridgehead atoms. The van der Waals surface area contributed by atoms with Gasteiger partial charge in [0.1, 0.15) is 0 Å². The van der Waals surface area contributed by atoms with E-state index in [1.807, 2.05) is 11.0 Å². The smallest absolute Gasteiger partial charge is 0.221 e. The highest BCUT2D eigenvalue weighted by molar-refractivity contribution is 6.05. The van der Waals surface area contributed by atoms with Gasteiger partial charge in [-0.2, -0.15) is 4.99 Å². The molecule has 1 unspecified atom stereocenters. The normalized spacial score (nSPS) is 22.4. The maximum absolute atomic E-state index is 6.21. The fourth-order valence-corrected chi connectivity index (χ4v) is 2.63.